The highest BCUT2D eigenvalue weighted by Crippen LogP contribution is 2.29. The lowest BCUT2D eigenvalue weighted by Crippen LogP contribution is -2.39. The minimum atomic E-state index is -0.219. The zero-order valence-corrected chi connectivity index (χ0v) is 14.3. The lowest BCUT2D eigenvalue weighted by molar-refractivity contribution is -0.119. The Morgan fingerprint density at radius 3 is 2.83 bits per heavy atom. The van der Waals surface area contributed by atoms with E-state index in [4.69, 9.17) is 4.42 Å². The molecule has 1 heterocycles. The summed E-state index contributed by atoms with van der Waals surface area (Å²) in [5.74, 6) is 0.916. The number of aromatic nitrogens is 2. The lowest BCUT2D eigenvalue weighted by Gasteiger charge is -2.21. The van der Waals surface area contributed by atoms with Gasteiger partial charge in [0.05, 0.1) is 5.75 Å². The van der Waals surface area contributed by atoms with Gasteiger partial charge in [0, 0.05) is 13.0 Å². The van der Waals surface area contributed by atoms with Crippen LogP contribution >= 0.6 is 11.8 Å². The first-order valence-electron chi connectivity index (χ1n) is 8.07. The van der Waals surface area contributed by atoms with Crippen molar-refractivity contribution in [1.82, 2.24) is 15.5 Å². The standard InChI is InChI=1S/C17H20FN3O2S/c1-11-20-21-17(23-11)24-10-16(22)19-15-4-2-3-13(15)9-12-5-7-14(18)8-6-12/h5-8,13,15H,2-4,9-10H2,1H3,(H,19,22)/t13-,15-/m0/s1. The summed E-state index contributed by atoms with van der Waals surface area (Å²) < 4.78 is 18.2. The molecule has 0 radical (unpaired) electrons. The van der Waals surface area contributed by atoms with Crippen LogP contribution in [0.1, 0.15) is 30.7 Å². The molecule has 1 fully saturated rings. The van der Waals surface area contributed by atoms with Gasteiger partial charge in [-0.3, -0.25) is 4.79 Å². The maximum absolute atomic E-state index is 13.0. The molecule has 1 saturated carbocycles. The van der Waals surface area contributed by atoms with E-state index in [-0.39, 0.29) is 23.5 Å². The van der Waals surface area contributed by atoms with Crippen LogP contribution in [0.25, 0.3) is 0 Å². The fourth-order valence-electron chi connectivity index (χ4n) is 3.11. The minimum absolute atomic E-state index is 0.0214. The highest BCUT2D eigenvalue weighted by atomic mass is 32.2. The number of hydrogen-bond acceptors (Lipinski definition) is 5. The van der Waals surface area contributed by atoms with Crippen molar-refractivity contribution < 1.29 is 13.6 Å². The molecular formula is C17H20FN3O2S. The first-order valence-corrected chi connectivity index (χ1v) is 9.05. The highest BCUT2D eigenvalue weighted by molar-refractivity contribution is 7.99. The summed E-state index contributed by atoms with van der Waals surface area (Å²) in [5.41, 5.74) is 1.11. The van der Waals surface area contributed by atoms with E-state index in [1.54, 1.807) is 6.92 Å². The van der Waals surface area contributed by atoms with Gasteiger partial charge in [-0.05, 0) is 42.9 Å². The molecule has 24 heavy (non-hydrogen) atoms. The fourth-order valence-corrected chi connectivity index (χ4v) is 3.72. The van der Waals surface area contributed by atoms with Crippen LogP contribution in [0.2, 0.25) is 0 Å². The molecule has 1 aromatic heterocycles. The van der Waals surface area contributed by atoms with Gasteiger partial charge in [0.25, 0.3) is 5.22 Å². The molecular weight excluding hydrogens is 329 g/mol. The van der Waals surface area contributed by atoms with Gasteiger partial charge >= 0.3 is 0 Å². The van der Waals surface area contributed by atoms with Gasteiger partial charge in [-0.25, -0.2) is 4.39 Å². The van der Waals surface area contributed by atoms with Gasteiger partial charge < -0.3 is 9.73 Å². The zero-order valence-electron chi connectivity index (χ0n) is 13.5. The Labute approximate surface area is 144 Å². The van der Waals surface area contributed by atoms with E-state index in [1.807, 2.05) is 12.1 Å². The monoisotopic (exact) mass is 349 g/mol. The molecule has 1 aliphatic carbocycles. The van der Waals surface area contributed by atoms with Crippen LogP contribution in [-0.4, -0.2) is 27.9 Å². The number of carbonyl (C=O) groups excluding carboxylic acids is 1. The Hall–Kier alpha value is -1.89. The van der Waals surface area contributed by atoms with E-state index in [2.05, 4.69) is 15.5 Å². The molecule has 0 spiro atoms. The average Bonchev–Trinajstić information content (AvgIpc) is 3.17. The smallest absolute Gasteiger partial charge is 0.277 e. The summed E-state index contributed by atoms with van der Waals surface area (Å²) in [6.45, 7) is 1.72. The number of benzene rings is 1. The quantitative estimate of drug-likeness (QED) is 0.812. The minimum Gasteiger partial charge on any atom is -0.416 e. The van der Waals surface area contributed by atoms with Gasteiger partial charge in [0.1, 0.15) is 5.82 Å². The molecule has 1 aromatic carbocycles. The van der Waals surface area contributed by atoms with Crippen LogP contribution in [0.5, 0.6) is 0 Å². The second kappa shape index (κ2) is 7.79. The summed E-state index contributed by atoms with van der Waals surface area (Å²) >= 11 is 1.25. The normalized spacial score (nSPS) is 20.2. The third-order valence-electron chi connectivity index (χ3n) is 4.25. The van der Waals surface area contributed by atoms with Crippen LogP contribution in [0.15, 0.2) is 33.9 Å². The first kappa shape index (κ1) is 17.0. The van der Waals surface area contributed by atoms with Crippen LogP contribution < -0.4 is 5.32 Å². The van der Waals surface area contributed by atoms with Crippen LogP contribution in [0, 0.1) is 18.7 Å². The largest absolute Gasteiger partial charge is 0.416 e. The van der Waals surface area contributed by atoms with E-state index >= 15 is 0 Å². The summed E-state index contributed by atoms with van der Waals surface area (Å²) in [5, 5.41) is 11.1. The van der Waals surface area contributed by atoms with Crippen LogP contribution in [0.4, 0.5) is 4.39 Å². The van der Waals surface area contributed by atoms with Crippen LogP contribution in [0.3, 0.4) is 0 Å². The zero-order chi connectivity index (χ0) is 16.9. The summed E-state index contributed by atoms with van der Waals surface area (Å²) in [6, 6.07) is 6.79. The second-order valence-electron chi connectivity index (χ2n) is 6.07. The maximum Gasteiger partial charge on any atom is 0.277 e. The van der Waals surface area contributed by atoms with E-state index < -0.39 is 0 Å². The number of amides is 1. The maximum atomic E-state index is 13.0. The Morgan fingerprint density at radius 1 is 1.33 bits per heavy atom. The van der Waals surface area contributed by atoms with Crippen molar-refractivity contribution in [2.24, 2.45) is 5.92 Å². The Morgan fingerprint density at radius 2 is 2.12 bits per heavy atom. The number of carbonyl (C=O) groups is 1. The molecule has 2 atom stereocenters. The molecule has 5 nitrogen and oxygen atoms in total. The molecule has 1 amide bonds. The number of halogens is 1. The molecule has 128 valence electrons. The van der Waals surface area contributed by atoms with Gasteiger partial charge in [-0.15, -0.1) is 10.2 Å². The number of aryl methyl sites for hydroxylation is 1. The predicted molar refractivity (Wildman–Crippen MR) is 89.1 cm³/mol. The molecule has 0 aliphatic heterocycles. The SMILES string of the molecule is Cc1nnc(SCC(=O)N[C@H]2CCC[C@H]2Cc2ccc(F)cc2)o1. The molecule has 0 saturated heterocycles. The van der Waals surface area contributed by atoms with E-state index in [0.29, 0.717) is 17.0 Å². The fraction of sp³-hybridized carbons (Fsp3) is 0.471. The summed E-state index contributed by atoms with van der Waals surface area (Å²) in [4.78, 5) is 12.2. The van der Waals surface area contributed by atoms with Gasteiger partial charge in [-0.2, -0.15) is 0 Å². The van der Waals surface area contributed by atoms with Crippen molar-refractivity contribution in [3.05, 3.63) is 41.5 Å². The van der Waals surface area contributed by atoms with Gasteiger partial charge in [-0.1, -0.05) is 30.3 Å². The van der Waals surface area contributed by atoms with Crippen molar-refractivity contribution >= 4 is 17.7 Å². The van der Waals surface area contributed by atoms with Crippen molar-refractivity contribution in [3.63, 3.8) is 0 Å². The summed E-state index contributed by atoms with van der Waals surface area (Å²) in [7, 11) is 0. The lowest BCUT2D eigenvalue weighted by atomic mass is 9.94. The van der Waals surface area contributed by atoms with Crippen molar-refractivity contribution in [2.45, 2.75) is 43.9 Å². The van der Waals surface area contributed by atoms with Crippen LogP contribution in [-0.2, 0) is 11.2 Å². The molecule has 1 N–H and O–H groups in total. The molecule has 3 rings (SSSR count). The van der Waals surface area contributed by atoms with E-state index in [0.717, 1.165) is 31.2 Å². The first-order chi connectivity index (χ1) is 11.6. The topological polar surface area (TPSA) is 68.0 Å². The number of nitrogens with zero attached hydrogens (tertiary/aromatic N) is 2. The predicted octanol–water partition coefficient (Wildman–Crippen LogP) is 3.14. The van der Waals surface area contributed by atoms with Gasteiger partial charge in [0.15, 0.2) is 0 Å². The molecule has 1 aliphatic rings. The number of nitrogens with one attached hydrogen (secondary N) is 1. The Bertz CT molecular complexity index is 689. The Kier molecular flexibility index (Phi) is 5.50. The second-order valence-corrected chi connectivity index (χ2v) is 7.00. The molecule has 2 aromatic rings. The number of rotatable bonds is 6. The highest BCUT2D eigenvalue weighted by Gasteiger charge is 2.28. The van der Waals surface area contributed by atoms with Crippen molar-refractivity contribution in [3.8, 4) is 0 Å². The van der Waals surface area contributed by atoms with Crippen molar-refractivity contribution in [2.75, 3.05) is 5.75 Å². The third kappa shape index (κ3) is 4.56. The molecule has 7 heteroatoms. The molecule has 0 unspecified atom stereocenters. The van der Waals surface area contributed by atoms with Crippen molar-refractivity contribution in [1.29, 1.82) is 0 Å². The summed E-state index contributed by atoms with van der Waals surface area (Å²) in [6.07, 6.45) is 4.04. The van der Waals surface area contributed by atoms with E-state index in [1.165, 1.54) is 23.9 Å². The molecule has 0 bridgehead atoms. The van der Waals surface area contributed by atoms with Gasteiger partial charge in [0.2, 0.25) is 11.8 Å². The average molecular weight is 349 g/mol. The Balaban J connectivity index is 1.49. The number of hydrogen-bond donors (Lipinski definition) is 1. The third-order valence-corrected chi connectivity index (χ3v) is 5.07. The number of thioether (sulfide) groups is 1. The van der Waals surface area contributed by atoms with E-state index in [9.17, 15) is 9.18 Å².